The monoisotopic (exact) mass is 259 g/mol. The number of carbonyl (C=O) groups is 1. The van der Waals surface area contributed by atoms with E-state index in [0.29, 0.717) is 18.2 Å². The molecule has 2 rings (SSSR count). The Morgan fingerprint density at radius 3 is 2.58 bits per heavy atom. The molecule has 0 unspecified atom stereocenters. The molecular weight excluding hydrogens is 246 g/mol. The number of methoxy groups -OCH3 is 1. The zero-order valence-electron chi connectivity index (χ0n) is 10.4. The van der Waals surface area contributed by atoms with E-state index in [1.165, 1.54) is 12.1 Å². The van der Waals surface area contributed by atoms with Gasteiger partial charge in [0.2, 0.25) is 5.88 Å². The fourth-order valence-corrected chi connectivity index (χ4v) is 1.50. The maximum absolute atomic E-state index is 10.7. The summed E-state index contributed by atoms with van der Waals surface area (Å²) < 4.78 is 10.5. The van der Waals surface area contributed by atoms with Crippen LogP contribution in [-0.2, 0) is 6.61 Å². The van der Waals surface area contributed by atoms with Crippen LogP contribution in [0.25, 0.3) is 0 Å². The average molecular weight is 259 g/mol. The van der Waals surface area contributed by atoms with Gasteiger partial charge in [-0.25, -0.2) is 9.78 Å². The second-order valence-electron chi connectivity index (χ2n) is 3.79. The fraction of sp³-hybridized carbons (Fsp3) is 0.143. The van der Waals surface area contributed by atoms with E-state index >= 15 is 0 Å². The lowest BCUT2D eigenvalue weighted by molar-refractivity contribution is 0.0697. The van der Waals surface area contributed by atoms with E-state index in [-0.39, 0.29) is 5.56 Å². The summed E-state index contributed by atoms with van der Waals surface area (Å²) in [5.74, 6) is 0.165. The molecule has 0 spiro atoms. The average Bonchev–Trinajstić information content (AvgIpc) is 2.46. The van der Waals surface area contributed by atoms with E-state index in [4.69, 9.17) is 14.6 Å². The first kappa shape index (κ1) is 12.9. The first-order chi connectivity index (χ1) is 9.19. The second kappa shape index (κ2) is 5.86. The summed E-state index contributed by atoms with van der Waals surface area (Å²) in [6.45, 7) is 0.295. The fourth-order valence-electron chi connectivity index (χ4n) is 1.50. The number of hydrogen-bond acceptors (Lipinski definition) is 4. The van der Waals surface area contributed by atoms with Crippen molar-refractivity contribution >= 4 is 5.97 Å². The quantitative estimate of drug-likeness (QED) is 0.892. The van der Waals surface area contributed by atoms with Gasteiger partial charge in [0.25, 0.3) is 0 Å². The number of pyridine rings is 1. The molecule has 5 nitrogen and oxygen atoms in total. The normalized spacial score (nSPS) is 9.95. The molecule has 0 saturated carbocycles. The number of hydrogen-bond donors (Lipinski definition) is 1. The Bertz CT molecular complexity index is 566. The molecule has 1 aromatic heterocycles. The van der Waals surface area contributed by atoms with E-state index < -0.39 is 5.97 Å². The third-order valence-corrected chi connectivity index (χ3v) is 2.48. The highest BCUT2D eigenvalue weighted by Gasteiger charge is 2.03. The topological polar surface area (TPSA) is 68.7 Å². The summed E-state index contributed by atoms with van der Waals surface area (Å²) in [5.41, 5.74) is 0.966. The molecule has 0 aliphatic heterocycles. The smallest absolute Gasteiger partial charge is 0.335 e. The summed E-state index contributed by atoms with van der Waals surface area (Å²) in [7, 11) is 1.55. The molecule has 5 heteroatoms. The minimum absolute atomic E-state index is 0.229. The number of carboxylic acid groups (broad SMARTS) is 1. The highest BCUT2D eigenvalue weighted by atomic mass is 16.5. The van der Waals surface area contributed by atoms with Crippen LogP contribution < -0.4 is 9.47 Å². The van der Waals surface area contributed by atoms with Crippen LogP contribution in [0.3, 0.4) is 0 Å². The summed E-state index contributed by atoms with van der Waals surface area (Å²) in [5, 5.41) is 8.78. The van der Waals surface area contributed by atoms with E-state index in [2.05, 4.69) is 4.98 Å². The van der Waals surface area contributed by atoms with Gasteiger partial charge in [-0.05, 0) is 30.3 Å². The Kier molecular flexibility index (Phi) is 3.97. The van der Waals surface area contributed by atoms with Crippen molar-refractivity contribution in [2.45, 2.75) is 6.61 Å². The number of aromatic nitrogens is 1. The first-order valence-electron chi connectivity index (χ1n) is 5.65. The lowest BCUT2D eigenvalue weighted by Crippen LogP contribution is -2.00. The lowest BCUT2D eigenvalue weighted by atomic mass is 10.2. The number of nitrogens with zero attached hydrogens (tertiary/aromatic N) is 1. The zero-order valence-corrected chi connectivity index (χ0v) is 10.4. The Balaban J connectivity index is 1.99. The second-order valence-corrected chi connectivity index (χ2v) is 3.79. The summed E-state index contributed by atoms with van der Waals surface area (Å²) in [4.78, 5) is 14.9. The van der Waals surface area contributed by atoms with Crippen molar-refractivity contribution in [2.24, 2.45) is 0 Å². The van der Waals surface area contributed by atoms with E-state index in [1.54, 1.807) is 25.3 Å². The number of ether oxygens (including phenoxy) is 2. The van der Waals surface area contributed by atoms with E-state index in [1.807, 2.05) is 12.1 Å². The number of carboxylic acids is 1. The Labute approximate surface area is 110 Å². The van der Waals surface area contributed by atoms with Crippen molar-refractivity contribution in [3.05, 3.63) is 53.7 Å². The van der Waals surface area contributed by atoms with Gasteiger partial charge in [-0.3, -0.25) is 0 Å². The van der Waals surface area contributed by atoms with Gasteiger partial charge in [0, 0.05) is 6.07 Å². The molecule has 1 heterocycles. The molecule has 0 bridgehead atoms. The van der Waals surface area contributed by atoms with Gasteiger partial charge in [0.05, 0.1) is 18.4 Å². The maximum atomic E-state index is 10.7. The highest BCUT2D eigenvalue weighted by molar-refractivity contribution is 5.87. The van der Waals surface area contributed by atoms with Gasteiger partial charge in [0.1, 0.15) is 12.4 Å². The van der Waals surface area contributed by atoms with E-state index in [0.717, 1.165) is 5.69 Å². The van der Waals surface area contributed by atoms with Crippen LogP contribution in [0.5, 0.6) is 11.6 Å². The van der Waals surface area contributed by atoms with E-state index in [9.17, 15) is 4.79 Å². The predicted octanol–water partition coefficient (Wildman–Crippen LogP) is 2.37. The number of benzene rings is 1. The third kappa shape index (κ3) is 3.45. The van der Waals surface area contributed by atoms with Crippen LogP contribution in [0.2, 0.25) is 0 Å². The molecular formula is C14H13NO4. The molecule has 0 amide bonds. The number of aromatic carboxylic acids is 1. The van der Waals surface area contributed by atoms with Crippen LogP contribution in [0.15, 0.2) is 42.5 Å². The summed E-state index contributed by atoms with van der Waals surface area (Å²) in [6, 6.07) is 11.6. The molecule has 2 aromatic rings. The van der Waals surface area contributed by atoms with Crippen molar-refractivity contribution in [2.75, 3.05) is 7.11 Å². The third-order valence-electron chi connectivity index (χ3n) is 2.48. The zero-order chi connectivity index (χ0) is 13.7. The van der Waals surface area contributed by atoms with Crippen molar-refractivity contribution in [1.29, 1.82) is 0 Å². The lowest BCUT2D eigenvalue weighted by Gasteiger charge is -2.07. The molecule has 0 saturated heterocycles. The minimum atomic E-state index is -0.957. The Morgan fingerprint density at radius 1 is 1.21 bits per heavy atom. The maximum Gasteiger partial charge on any atom is 0.335 e. The van der Waals surface area contributed by atoms with Crippen molar-refractivity contribution < 1.29 is 19.4 Å². The van der Waals surface area contributed by atoms with Gasteiger partial charge in [-0.1, -0.05) is 6.07 Å². The highest BCUT2D eigenvalue weighted by Crippen LogP contribution is 2.14. The van der Waals surface area contributed by atoms with Gasteiger partial charge >= 0.3 is 5.97 Å². The Morgan fingerprint density at radius 2 is 1.95 bits per heavy atom. The van der Waals surface area contributed by atoms with Gasteiger partial charge < -0.3 is 14.6 Å². The standard InChI is InChI=1S/C14H13NO4/c1-18-13-4-2-3-11(15-13)9-19-12-7-5-10(6-8-12)14(16)17/h2-8H,9H2,1H3,(H,16,17). The van der Waals surface area contributed by atoms with Crippen molar-refractivity contribution in [3.63, 3.8) is 0 Å². The minimum Gasteiger partial charge on any atom is -0.487 e. The van der Waals surface area contributed by atoms with Crippen LogP contribution in [0, 0.1) is 0 Å². The van der Waals surface area contributed by atoms with Crippen LogP contribution in [0.1, 0.15) is 16.1 Å². The predicted molar refractivity (Wildman–Crippen MR) is 68.5 cm³/mol. The molecule has 19 heavy (non-hydrogen) atoms. The van der Waals surface area contributed by atoms with Crippen molar-refractivity contribution in [3.8, 4) is 11.6 Å². The molecule has 0 aliphatic rings. The van der Waals surface area contributed by atoms with Gasteiger partial charge in [-0.15, -0.1) is 0 Å². The molecule has 0 fully saturated rings. The SMILES string of the molecule is COc1cccc(COc2ccc(C(=O)O)cc2)n1. The molecule has 0 atom stereocenters. The summed E-state index contributed by atoms with van der Waals surface area (Å²) >= 11 is 0. The van der Waals surface area contributed by atoms with Crippen molar-refractivity contribution in [1.82, 2.24) is 4.98 Å². The van der Waals surface area contributed by atoms with Gasteiger partial charge in [0.15, 0.2) is 0 Å². The largest absolute Gasteiger partial charge is 0.487 e. The van der Waals surface area contributed by atoms with Gasteiger partial charge in [-0.2, -0.15) is 0 Å². The van der Waals surface area contributed by atoms with Crippen LogP contribution >= 0.6 is 0 Å². The number of rotatable bonds is 5. The van der Waals surface area contributed by atoms with Crippen LogP contribution in [-0.4, -0.2) is 23.2 Å². The Hall–Kier alpha value is -2.56. The first-order valence-corrected chi connectivity index (χ1v) is 5.65. The molecule has 98 valence electrons. The molecule has 0 aliphatic carbocycles. The molecule has 1 aromatic carbocycles. The molecule has 1 N–H and O–H groups in total. The summed E-state index contributed by atoms with van der Waals surface area (Å²) in [6.07, 6.45) is 0. The van der Waals surface area contributed by atoms with Crippen LogP contribution in [0.4, 0.5) is 0 Å². The molecule has 0 radical (unpaired) electrons.